The largest absolute Gasteiger partial charge is 1.00 e. The van der Waals surface area contributed by atoms with E-state index in [0.29, 0.717) is 16.6 Å². The van der Waals surface area contributed by atoms with Gasteiger partial charge >= 0.3 is 0 Å². The molecular weight excluding hydrogens is 291 g/mol. The summed E-state index contributed by atoms with van der Waals surface area (Å²) in [4.78, 5) is 4.06. The van der Waals surface area contributed by atoms with Crippen LogP contribution >= 0.6 is 23.2 Å². The van der Waals surface area contributed by atoms with E-state index in [1.807, 2.05) is 30.5 Å². The van der Waals surface area contributed by atoms with Crippen molar-refractivity contribution in [2.75, 3.05) is 0 Å². The molecule has 0 amide bonds. The normalized spacial score (nSPS) is 9.89. The molecule has 0 fully saturated rings. The molecule has 0 saturated heterocycles. The molecule has 1 heterocycles. The third-order valence-corrected chi connectivity index (χ3v) is 2.97. The van der Waals surface area contributed by atoms with Gasteiger partial charge in [0.05, 0.1) is 0 Å². The number of halogens is 3. The van der Waals surface area contributed by atoms with Gasteiger partial charge in [0.15, 0.2) is 0 Å². The van der Waals surface area contributed by atoms with Crippen LogP contribution in [-0.4, -0.2) is 4.98 Å². The summed E-state index contributed by atoms with van der Waals surface area (Å²) >= 11 is 11.9. The average Bonchev–Trinajstić information content (AvgIpc) is 2.33. The number of hydrogen-bond donors (Lipinski definition) is 1. The summed E-state index contributed by atoms with van der Waals surface area (Å²) < 4.78 is 0. The van der Waals surface area contributed by atoms with E-state index in [0.717, 1.165) is 17.7 Å². The Morgan fingerprint density at radius 3 is 2.61 bits per heavy atom. The maximum Gasteiger partial charge on any atom is 0.0465 e. The number of hydrogen-bond acceptors (Lipinski definition) is 2. The molecule has 2 rings (SSSR count). The van der Waals surface area contributed by atoms with Gasteiger partial charge in [-0.25, -0.2) is 0 Å². The molecule has 1 N–H and O–H groups in total. The molecule has 2 aromatic rings. The van der Waals surface area contributed by atoms with Crippen molar-refractivity contribution in [1.82, 2.24) is 10.3 Å². The zero-order valence-corrected chi connectivity index (χ0v) is 11.8. The van der Waals surface area contributed by atoms with E-state index < -0.39 is 0 Å². The average molecular weight is 303 g/mol. The second-order valence-corrected chi connectivity index (χ2v) is 4.54. The molecule has 96 valence electrons. The van der Waals surface area contributed by atoms with E-state index in [2.05, 4.69) is 10.3 Å². The Morgan fingerprint density at radius 2 is 1.94 bits per heavy atom. The smallest absolute Gasteiger partial charge is 0.0465 e. The molecule has 0 atom stereocenters. The molecule has 2 nitrogen and oxygen atoms in total. The molecule has 0 saturated carbocycles. The van der Waals surface area contributed by atoms with E-state index in [1.54, 1.807) is 12.3 Å². The van der Waals surface area contributed by atoms with Crippen LogP contribution in [0.2, 0.25) is 10.0 Å². The highest BCUT2D eigenvalue weighted by atomic mass is 35.5. The maximum atomic E-state index is 6.07. The van der Waals surface area contributed by atoms with Crippen LogP contribution in [-0.2, 0) is 13.1 Å². The number of pyridine rings is 1. The van der Waals surface area contributed by atoms with Crippen molar-refractivity contribution < 1.29 is 12.4 Å². The third kappa shape index (κ3) is 4.46. The van der Waals surface area contributed by atoms with E-state index in [1.165, 1.54) is 0 Å². The quantitative estimate of drug-likeness (QED) is 0.898. The van der Waals surface area contributed by atoms with Gasteiger partial charge in [-0.3, -0.25) is 4.98 Å². The van der Waals surface area contributed by atoms with Gasteiger partial charge < -0.3 is 17.7 Å². The molecule has 1 aromatic carbocycles. The molecule has 0 aliphatic heterocycles. The summed E-state index contributed by atoms with van der Waals surface area (Å²) in [6, 6.07) is 9.48. The monoisotopic (exact) mass is 301 g/mol. The highest BCUT2D eigenvalue weighted by molar-refractivity contribution is 6.35. The molecule has 0 aliphatic carbocycles. The summed E-state index contributed by atoms with van der Waals surface area (Å²) in [5.41, 5.74) is 2.19. The fourth-order valence-corrected chi connectivity index (χ4v) is 1.98. The van der Waals surface area contributed by atoms with Gasteiger partial charge in [0.1, 0.15) is 0 Å². The van der Waals surface area contributed by atoms with Crippen molar-refractivity contribution in [3.05, 3.63) is 63.9 Å². The zero-order chi connectivity index (χ0) is 12.1. The Bertz CT molecular complexity index is 489. The van der Waals surface area contributed by atoms with Gasteiger partial charge in [-0.2, -0.15) is 0 Å². The third-order valence-electron chi connectivity index (χ3n) is 2.38. The predicted molar refractivity (Wildman–Crippen MR) is 71.2 cm³/mol. The number of nitrogens with one attached hydrogen (secondary N) is 1. The summed E-state index contributed by atoms with van der Waals surface area (Å²) in [6.45, 7) is 1.48. The number of nitrogens with zero attached hydrogens (tertiary/aromatic N) is 1. The van der Waals surface area contributed by atoms with E-state index in [4.69, 9.17) is 23.2 Å². The van der Waals surface area contributed by atoms with E-state index in [-0.39, 0.29) is 12.4 Å². The van der Waals surface area contributed by atoms with Crippen LogP contribution in [0, 0.1) is 0 Å². The second kappa shape index (κ2) is 7.59. The van der Waals surface area contributed by atoms with Crippen LogP contribution in [0.25, 0.3) is 0 Å². The number of benzene rings is 1. The lowest BCUT2D eigenvalue weighted by molar-refractivity contribution is -0.00000333. The molecule has 1 aromatic heterocycles. The number of rotatable bonds is 4. The van der Waals surface area contributed by atoms with Crippen LogP contribution in [0.5, 0.6) is 0 Å². The van der Waals surface area contributed by atoms with Crippen LogP contribution < -0.4 is 17.7 Å². The minimum atomic E-state index is 0. The SMILES string of the molecule is Clc1ccc(CNCc2cccnc2)c(Cl)c1.[Cl-]. The van der Waals surface area contributed by atoms with Gasteiger partial charge in [0.25, 0.3) is 0 Å². The Labute approximate surface area is 123 Å². The molecular formula is C13H12Cl3N2-. The van der Waals surface area contributed by atoms with Gasteiger partial charge in [0, 0.05) is 35.5 Å². The first-order valence-corrected chi connectivity index (χ1v) is 6.05. The summed E-state index contributed by atoms with van der Waals surface area (Å²) in [5.74, 6) is 0. The summed E-state index contributed by atoms with van der Waals surface area (Å²) in [7, 11) is 0. The standard InChI is InChI=1S/C13H12Cl2N2.ClH/c14-12-4-3-11(13(15)6-12)9-17-8-10-2-1-5-16-7-10;/h1-7,17H,8-9H2;1H/p-1. The van der Waals surface area contributed by atoms with Crippen molar-refractivity contribution in [2.45, 2.75) is 13.1 Å². The van der Waals surface area contributed by atoms with Crippen LogP contribution in [0.1, 0.15) is 11.1 Å². The molecule has 5 heteroatoms. The Balaban J connectivity index is 0.00000162. The van der Waals surface area contributed by atoms with Gasteiger partial charge in [-0.05, 0) is 29.3 Å². The van der Waals surface area contributed by atoms with Crippen molar-refractivity contribution >= 4 is 23.2 Å². The first kappa shape index (κ1) is 15.3. The minimum Gasteiger partial charge on any atom is -1.00 e. The van der Waals surface area contributed by atoms with Gasteiger partial charge in [-0.15, -0.1) is 0 Å². The molecule has 0 aliphatic rings. The Hall–Kier alpha value is -0.800. The van der Waals surface area contributed by atoms with E-state index in [9.17, 15) is 0 Å². The van der Waals surface area contributed by atoms with Crippen molar-refractivity contribution in [3.8, 4) is 0 Å². The fraction of sp³-hybridized carbons (Fsp3) is 0.154. The predicted octanol–water partition coefficient (Wildman–Crippen LogP) is 0.682. The van der Waals surface area contributed by atoms with Crippen molar-refractivity contribution in [2.24, 2.45) is 0 Å². The van der Waals surface area contributed by atoms with Crippen LogP contribution in [0.15, 0.2) is 42.7 Å². The molecule has 0 radical (unpaired) electrons. The first-order chi connectivity index (χ1) is 8.25. The van der Waals surface area contributed by atoms with Gasteiger partial charge in [0.2, 0.25) is 0 Å². The Kier molecular flexibility index (Phi) is 6.44. The summed E-state index contributed by atoms with van der Waals surface area (Å²) in [6.07, 6.45) is 3.61. The van der Waals surface area contributed by atoms with Crippen molar-refractivity contribution in [3.63, 3.8) is 0 Å². The highest BCUT2D eigenvalue weighted by Crippen LogP contribution is 2.20. The lowest BCUT2D eigenvalue weighted by atomic mass is 10.2. The molecule has 0 spiro atoms. The first-order valence-electron chi connectivity index (χ1n) is 5.29. The lowest BCUT2D eigenvalue weighted by Crippen LogP contribution is -3.00. The Morgan fingerprint density at radius 1 is 1.11 bits per heavy atom. The van der Waals surface area contributed by atoms with Gasteiger partial charge in [-0.1, -0.05) is 35.3 Å². The minimum absolute atomic E-state index is 0. The fourth-order valence-electron chi connectivity index (χ4n) is 1.51. The maximum absolute atomic E-state index is 6.07. The topological polar surface area (TPSA) is 24.9 Å². The summed E-state index contributed by atoms with van der Waals surface area (Å²) in [5, 5.41) is 4.66. The van der Waals surface area contributed by atoms with E-state index >= 15 is 0 Å². The molecule has 0 unspecified atom stereocenters. The van der Waals surface area contributed by atoms with Crippen LogP contribution in [0.3, 0.4) is 0 Å². The lowest BCUT2D eigenvalue weighted by Gasteiger charge is -2.06. The number of aromatic nitrogens is 1. The highest BCUT2D eigenvalue weighted by Gasteiger charge is 2.00. The molecule has 0 bridgehead atoms. The molecule has 18 heavy (non-hydrogen) atoms. The zero-order valence-electron chi connectivity index (χ0n) is 9.54. The van der Waals surface area contributed by atoms with Crippen molar-refractivity contribution in [1.29, 1.82) is 0 Å². The second-order valence-electron chi connectivity index (χ2n) is 3.70. The van der Waals surface area contributed by atoms with Crippen LogP contribution in [0.4, 0.5) is 0 Å².